The molecule has 1 fully saturated rings. The standard InChI is InChI=1S/C15H22N2O3/c1-17(11-7-8-16-10-11)15(18)9-12-13(19-2)5-4-6-14(12)20-3/h4-6,11,16H,7-10H2,1-3H3. The van der Waals surface area contributed by atoms with Crippen molar-refractivity contribution in [1.29, 1.82) is 0 Å². The molecule has 0 aliphatic carbocycles. The largest absolute Gasteiger partial charge is 0.496 e. The van der Waals surface area contributed by atoms with E-state index >= 15 is 0 Å². The molecule has 110 valence electrons. The number of amides is 1. The van der Waals surface area contributed by atoms with Crippen LogP contribution in [0.3, 0.4) is 0 Å². The molecule has 0 radical (unpaired) electrons. The van der Waals surface area contributed by atoms with Crippen LogP contribution in [0.4, 0.5) is 0 Å². The van der Waals surface area contributed by atoms with Gasteiger partial charge in [-0.15, -0.1) is 0 Å². The molecular weight excluding hydrogens is 256 g/mol. The highest BCUT2D eigenvalue weighted by Crippen LogP contribution is 2.29. The average Bonchev–Trinajstić information content (AvgIpc) is 3.00. The van der Waals surface area contributed by atoms with Crippen LogP contribution in [0.5, 0.6) is 11.5 Å². The number of nitrogens with one attached hydrogen (secondary N) is 1. The fourth-order valence-corrected chi connectivity index (χ4v) is 2.55. The van der Waals surface area contributed by atoms with E-state index in [1.807, 2.05) is 30.1 Å². The topological polar surface area (TPSA) is 50.8 Å². The minimum atomic E-state index is 0.0847. The summed E-state index contributed by atoms with van der Waals surface area (Å²) < 4.78 is 10.7. The molecule has 0 bridgehead atoms. The van der Waals surface area contributed by atoms with E-state index in [9.17, 15) is 4.79 Å². The van der Waals surface area contributed by atoms with Crippen LogP contribution in [0, 0.1) is 0 Å². The van der Waals surface area contributed by atoms with Crippen molar-refractivity contribution in [2.45, 2.75) is 18.9 Å². The Bertz CT molecular complexity index is 448. The average molecular weight is 278 g/mol. The first-order valence-electron chi connectivity index (χ1n) is 6.83. The third-order valence-electron chi connectivity index (χ3n) is 3.83. The van der Waals surface area contributed by atoms with Gasteiger partial charge in [0.1, 0.15) is 11.5 Å². The van der Waals surface area contributed by atoms with Gasteiger partial charge in [-0.05, 0) is 25.1 Å². The van der Waals surface area contributed by atoms with Gasteiger partial charge >= 0.3 is 0 Å². The zero-order chi connectivity index (χ0) is 14.5. The predicted octanol–water partition coefficient (Wildman–Crippen LogP) is 1.07. The quantitative estimate of drug-likeness (QED) is 0.875. The zero-order valence-corrected chi connectivity index (χ0v) is 12.3. The summed E-state index contributed by atoms with van der Waals surface area (Å²) in [7, 11) is 5.07. The molecule has 0 aromatic heterocycles. The first-order chi connectivity index (χ1) is 9.67. The van der Waals surface area contributed by atoms with E-state index in [0.717, 1.165) is 25.1 Å². The lowest BCUT2D eigenvalue weighted by molar-refractivity contribution is -0.130. The van der Waals surface area contributed by atoms with Crippen molar-refractivity contribution in [2.24, 2.45) is 0 Å². The minimum Gasteiger partial charge on any atom is -0.496 e. The highest BCUT2D eigenvalue weighted by Gasteiger charge is 2.24. The summed E-state index contributed by atoms with van der Waals surface area (Å²) in [5.41, 5.74) is 0.806. The third-order valence-corrected chi connectivity index (χ3v) is 3.83. The number of carbonyl (C=O) groups excluding carboxylic acids is 1. The van der Waals surface area contributed by atoms with Crippen molar-refractivity contribution >= 4 is 5.91 Å². The Kier molecular flexibility index (Phi) is 4.84. The fraction of sp³-hybridized carbons (Fsp3) is 0.533. The molecule has 1 aliphatic heterocycles. The monoisotopic (exact) mass is 278 g/mol. The van der Waals surface area contributed by atoms with Gasteiger partial charge in [0.05, 0.1) is 20.6 Å². The van der Waals surface area contributed by atoms with E-state index in [4.69, 9.17) is 9.47 Å². The van der Waals surface area contributed by atoms with Gasteiger partial charge in [-0.1, -0.05) is 6.07 Å². The van der Waals surface area contributed by atoms with Crippen LogP contribution in [0.25, 0.3) is 0 Å². The Morgan fingerprint density at radius 1 is 1.35 bits per heavy atom. The molecule has 2 rings (SSSR count). The molecule has 1 amide bonds. The second kappa shape index (κ2) is 6.61. The first kappa shape index (κ1) is 14.7. The smallest absolute Gasteiger partial charge is 0.227 e. The minimum absolute atomic E-state index is 0.0847. The van der Waals surface area contributed by atoms with Gasteiger partial charge in [-0.2, -0.15) is 0 Å². The summed E-state index contributed by atoms with van der Waals surface area (Å²) in [6.07, 6.45) is 1.30. The van der Waals surface area contributed by atoms with Gasteiger partial charge in [0.25, 0.3) is 0 Å². The number of hydrogen-bond donors (Lipinski definition) is 1. The fourth-order valence-electron chi connectivity index (χ4n) is 2.55. The van der Waals surface area contributed by atoms with Crippen LogP contribution in [0.15, 0.2) is 18.2 Å². The molecule has 1 atom stereocenters. The van der Waals surface area contributed by atoms with Crippen LogP contribution in [-0.2, 0) is 11.2 Å². The molecule has 20 heavy (non-hydrogen) atoms. The molecule has 1 saturated heterocycles. The van der Waals surface area contributed by atoms with Crippen LogP contribution >= 0.6 is 0 Å². The maximum atomic E-state index is 12.4. The summed E-state index contributed by atoms with van der Waals surface area (Å²) in [5.74, 6) is 1.47. The predicted molar refractivity (Wildman–Crippen MR) is 77.3 cm³/mol. The highest BCUT2D eigenvalue weighted by atomic mass is 16.5. The molecule has 1 N–H and O–H groups in total. The Morgan fingerprint density at radius 2 is 2.00 bits per heavy atom. The van der Waals surface area contributed by atoms with E-state index < -0.39 is 0 Å². The third kappa shape index (κ3) is 3.04. The number of carbonyl (C=O) groups is 1. The van der Waals surface area contributed by atoms with Crippen molar-refractivity contribution in [1.82, 2.24) is 10.2 Å². The Labute approximate surface area is 119 Å². The number of nitrogens with zero attached hydrogens (tertiary/aromatic N) is 1. The van der Waals surface area contributed by atoms with Crippen molar-refractivity contribution in [3.05, 3.63) is 23.8 Å². The summed E-state index contributed by atoms with van der Waals surface area (Å²) in [6.45, 7) is 1.84. The van der Waals surface area contributed by atoms with Crippen molar-refractivity contribution < 1.29 is 14.3 Å². The molecule has 1 aromatic rings. The summed E-state index contributed by atoms with van der Waals surface area (Å²) >= 11 is 0. The number of ether oxygens (including phenoxy) is 2. The van der Waals surface area contributed by atoms with Gasteiger partial charge in [0.15, 0.2) is 0 Å². The molecule has 1 aliphatic rings. The normalized spacial score (nSPS) is 17.9. The van der Waals surface area contributed by atoms with Crippen LogP contribution < -0.4 is 14.8 Å². The van der Waals surface area contributed by atoms with Gasteiger partial charge in [-0.25, -0.2) is 0 Å². The van der Waals surface area contributed by atoms with E-state index in [0.29, 0.717) is 17.9 Å². The maximum Gasteiger partial charge on any atom is 0.227 e. The van der Waals surface area contributed by atoms with Gasteiger partial charge in [0, 0.05) is 25.2 Å². The lowest BCUT2D eigenvalue weighted by Crippen LogP contribution is -2.39. The summed E-state index contributed by atoms with van der Waals surface area (Å²) in [5, 5.41) is 3.27. The number of likely N-dealkylation sites (N-methyl/N-ethyl adjacent to an activating group) is 1. The molecule has 0 saturated carbocycles. The van der Waals surface area contributed by atoms with Gasteiger partial charge in [0.2, 0.25) is 5.91 Å². The van der Waals surface area contributed by atoms with Crippen LogP contribution in [0.2, 0.25) is 0 Å². The molecule has 5 heteroatoms. The number of rotatable bonds is 5. The zero-order valence-electron chi connectivity index (χ0n) is 12.3. The van der Waals surface area contributed by atoms with E-state index in [1.165, 1.54) is 0 Å². The molecule has 5 nitrogen and oxygen atoms in total. The van der Waals surface area contributed by atoms with E-state index in [-0.39, 0.29) is 11.9 Å². The maximum absolute atomic E-state index is 12.4. The number of hydrogen-bond acceptors (Lipinski definition) is 4. The summed E-state index contributed by atoms with van der Waals surface area (Å²) in [6, 6.07) is 5.84. The number of benzene rings is 1. The molecular formula is C15H22N2O3. The number of methoxy groups -OCH3 is 2. The van der Waals surface area contributed by atoms with Crippen molar-refractivity contribution in [3.63, 3.8) is 0 Å². The second-order valence-electron chi connectivity index (χ2n) is 4.97. The molecule has 1 heterocycles. The summed E-state index contributed by atoms with van der Waals surface area (Å²) in [4.78, 5) is 14.2. The van der Waals surface area contributed by atoms with E-state index in [1.54, 1.807) is 14.2 Å². The van der Waals surface area contributed by atoms with E-state index in [2.05, 4.69) is 5.32 Å². The van der Waals surface area contributed by atoms with Gasteiger partial charge < -0.3 is 19.7 Å². The van der Waals surface area contributed by atoms with Crippen LogP contribution in [-0.4, -0.2) is 51.2 Å². The van der Waals surface area contributed by atoms with Crippen molar-refractivity contribution in [3.8, 4) is 11.5 Å². The lowest BCUT2D eigenvalue weighted by Gasteiger charge is -2.24. The van der Waals surface area contributed by atoms with Crippen LogP contribution in [0.1, 0.15) is 12.0 Å². The molecule has 0 spiro atoms. The lowest BCUT2D eigenvalue weighted by atomic mass is 10.1. The Morgan fingerprint density at radius 3 is 2.50 bits per heavy atom. The Hall–Kier alpha value is -1.75. The highest BCUT2D eigenvalue weighted by molar-refractivity contribution is 5.80. The van der Waals surface area contributed by atoms with Crippen molar-refractivity contribution in [2.75, 3.05) is 34.4 Å². The first-order valence-corrected chi connectivity index (χ1v) is 6.83. The second-order valence-corrected chi connectivity index (χ2v) is 4.97. The van der Waals surface area contributed by atoms with Gasteiger partial charge in [-0.3, -0.25) is 4.79 Å². The Balaban J connectivity index is 2.14. The molecule has 1 aromatic carbocycles. The molecule has 1 unspecified atom stereocenters. The SMILES string of the molecule is COc1cccc(OC)c1CC(=O)N(C)C1CCNC1.